The maximum absolute atomic E-state index is 6.37. The Balaban J connectivity index is 1.73. The predicted molar refractivity (Wildman–Crippen MR) is 92.0 cm³/mol. The van der Waals surface area contributed by atoms with Gasteiger partial charge in [0.1, 0.15) is 11.9 Å². The lowest BCUT2D eigenvalue weighted by molar-refractivity contribution is -0.0957. The van der Waals surface area contributed by atoms with Crippen molar-refractivity contribution in [1.29, 1.82) is 0 Å². The third-order valence-corrected chi connectivity index (χ3v) is 6.27. The van der Waals surface area contributed by atoms with Gasteiger partial charge in [-0.1, -0.05) is 11.6 Å². The van der Waals surface area contributed by atoms with Crippen LogP contribution in [-0.2, 0) is 16.8 Å². The van der Waals surface area contributed by atoms with Crippen LogP contribution in [0.1, 0.15) is 47.6 Å². The van der Waals surface area contributed by atoms with Crippen molar-refractivity contribution in [1.82, 2.24) is 15.3 Å². The second kappa shape index (κ2) is 5.81. The van der Waals surface area contributed by atoms with E-state index in [1.165, 1.54) is 10.4 Å². The van der Waals surface area contributed by atoms with E-state index in [-0.39, 0.29) is 11.6 Å². The van der Waals surface area contributed by atoms with Crippen molar-refractivity contribution in [3.63, 3.8) is 0 Å². The van der Waals surface area contributed by atoms with Crippen LogP contribution in [-0.4, -0.2) is 22.6 Å². The van der Waals surface area contributed by atoms with Gasteiger partial charge < -0.3 is 10.1 Å². The van der Waals surface area contributed by atoms with Crippen molar-refractivity contribution in [2.45, 2.75) is 50.8 Å². The van der Waals surface area contributed by atoms with Gasteiger partial charge in [-0.25, -0.2) is 9.97 Å². The second-order valence-electron chi connectivity index (χ2n) is 6.61. The number of aryl methyl sites for hydroxylation is 1. The lowest BCUT2D eigenvalue weighted by Crippen LogP contribution is -2.49. The quantitative estimate of drug-likeness (QED) is 0.851. The topological polar surface area (TPSA) is 47.0 Å². The highest BCUT2D eigenvalue weighted by molar-refractivity contribution is 7.16. The van der Waals surface area contributed by atoms with E-state index in [4.69, 9.17) is 16.3 Å². The van der Waals surface area contributed by atoms with E-state index < -0.39 is 0 Å². The summed E-state index contributed by atoms with van der Waals surface area (Å²) in [6, 6.07) is 4.71. The van der Waals surface area contributed by atoms with Crippen LogP contribution in [0.5, 0.6) is 0 Å². The summed E-state index contributed by atoms with van der Waals surface area (Å²) in [5.74, 6) is 0. The standard InChI is InChI=1S/C17H20ClN3OS/c1-10-5-13(20-9-19-10)14-8-17(7-11(2)21-14)16-12(3-4-22-17)6-15(18)23-16/h5-6,9,11,14,21H,3-4,7-8H2,1-2H3/t11-,14-,17-/m0/s1. The van der Waals surface area contributed by atoms with Gasteiger partial charge in [0.25, 0.3) is 0 Å². The maximum Gasteiger partial charge on any atom is 0.115 e. The molecule has 0 amide bonds. The van der Waals surface area contributed by atoms with E-state index in [0.29, 0.717) is 6.04 Å². The molecule has 1 saturated heterocycles. The SMILES string of the molecule is Cc1cc([C@@H]2C[C@]3(C[C@H](C)N2)OCCc2cc(Cl)sc23)ncn1. The van der Waals surface area contributed by atoms with Gasteiger partial charge in [-0.2, -0.15) is 0 Å². The zero-order valence-corrected chi connectivity index (χ0v) is 14.9. The maximum atomic E-state index is 6.37. The first-order valence-corrected chi connectivity index (χ1v) is 9.22. The van der Waals surface area contributed by atoms with Crippen LogP contribution in [0.15, 0.2) is 18.5 Å². The van der Waals surface area contributed by atoms with E-state index in [1.54, 1.807) is 17.7 Å². The Morgan fingerprint density at radius 3 is 3.04 bits per heavy atom. The number of hydrogen-bond acceptors (Lipinski definition) is 5. The second-order valence-corrected chi connectivity index (χ2v) is 8.29. The number of thiophene rings is 1. The Kier molecular flexibility index (Phi) is 3.92. The molecule has 0 saturated carbocycles. The molecule has 2 aromatic rings. The monoisotopic (exact) mass is 349 g/mol. The van der Waals surface area contributed by atoms with Crippen molar-refractivity contribution >= 4 is 22.9 Å². The van der Waals surface area contributed by atoms with Gasteiger partial charge in [-0.05, 0) is 44.4 Å². The summed E-state index contributed by atoms with van der Waals surface area (Å²) in [6.07, 6.45) is 4.46. The molecule has 2 aliphatic rings. The van der Waals surface area contributed by atoms with Crippen molar-refractivity contribution in [3.05, 3.63) is 44.6 Å². The molecule has 4 heterocycles. The van der Waals surface area contributed by atoms with E-state index >= 15 is 0 Å². The minimum absolute atomic E-state index is 0.173. The minimum Gasteiger partial charge on any atom is -0.369 e. The van der Waals surface area contributed by atoms with E-state index in [0.717, 1.165) is 41.6 Å². The molecular formula is C17H20ClN3OS. The first-order chi connectivity index (χ1) is 11.1. The molecule has 122 valence electrons. The zero-order chi connectivity index (χ0) is 16.0. The van der Waals surface area contributed by atoms with Gasteiger partial charge in [-0.15, -0.1) is 11.3 Å². The highest BCUT2D eigenvalue weighted by Gasteiger charge is 2.46. The molecule has 0 aliphatic carbocycles. The van der Waals surface area contributed by atoms with Crippen molar-refractivity contribution in [3.8, 4) is 0 Å². The zero-order valence-electron chi connectivity index (χ0n) is 13.3. The predicted octanol–water partition coefficient (Wildman–Crippen LogP) is 3.78. The molecule has 6 heteroatoms. The number of rotatable bonds is 1. The molecule has 0 radical (unpaired) electrons. The number of aromatic nitrogens is 2. The highest BCUT2D eigenvalue weighted by Crippen LogP contribution is 2.49. The Hall–Kier alpha value is -1.01. The lowest BCUT2D eigenvalue weighted by atomic mass is 9.79. The summed E-state index contributed by atoms with van der Waals surface area (Å²) in [5, 5.41) is 3.67. The molecule has 1 N–H and O–H groups in total. The van der Waals surface area contributed by atoms with Crippen LogP contribution in [0.4, 0.5) is 0 Å². The first-order valence-electron chi connectivity index (χ1n) is 8.03. The van der Waals surface area contributed by atoms with Crippen molar-refractivity contribution < 1.29 is 4.74 Å². The van der Waals surface area contributed by atoms with Gasteiger partial charge in [-0.3, -0.25) is 0 Å². The van der Waals surface area contributed by atoms with Crippen LogP contribution in [0.2, 0.25) is 4.34 Å². The minimum atomic E-state index is -0.237. The van der Waals surface area contributed by atoms with Gasteiger partial charge in [0.2, 0.25) is 0 Å². The summed E-state index contributed by atoms with van der Waals surface area (Å²) in [7, 11) is 0. The third kappa shape index (κ3) is 2.80. The number of ether oxygens (including phenoxy) is 1. The summed E-state index contributed by atoms with van der Waals surface area (Å²) in [4.78, 5) is 10.0. The molecule has 1 fully saturated rings. The van der Waals surface area contributed by atoms with Crippen molar-refractivity contribution in [2.75, 3.05) is 6.61 Å². The summed E-state index contributed by atoms with van der Waals surface area (Å²) >= 11 is 7.97. The third-order valence-electron chi connectivity index (χ3n) is 4.78. The summed E-state index contributed by atoms with van der Waals surface area (Å²) < 4.78 is 7.23. The molecular weight excluding hydrogens is 330 g/mol. The number of nitrogens with one attached hydrogen (secondary N) is 1. The van der Waals surface area contributed by atoms with Crippen LogP contribution in [0.25, 0.3) is 0 Å². The van der Waals surface area contributed by atoms with Crippen molar-refractivity contribution in [2.24, 2.45) is 0 Å². The first kappa shape index (κ1) is 15.5. The Bertz CT molecular complexity index is 734. The Morgan fingerprint density at radius 1 is 1.35 bits per heavy atom. The number of nitrogens with zero attached hydrogens (tertiary/aromatic N) is 2. The van der Waals surface area contributed by atoms with Crippen LogP contribution >= 0.6 is 22.9 Å². The van der Waals surface area contributed by atoms with Gasteiger partial charge in [0.15, 0.2) is 0 Å². The normalized spacial score (nSPS) is 30.4. The number of halogens is 1. The number of fused-ring (bicyclic) bond motifs is 2. The molecule has 0 bridgehead atoms. The highest BCUT2D eigenvalue weighted by atomic mass is 35.5. The molecule has 1 spiro atoms. The molecule has 23 heavy (non-hydrogen) atoms. The fourth-order valence-electron chi connectivity index (χ4n) is 3.92. The largest absolute Gasteiger partial charge is 0.369 e. The molecule has 0 unspecified atom stereocenters. The van der Waals surface area contributed by atoms with E-state index in [2.05, 4.69) is 34.3 Å². The van der Waals surface area contributed by atoms with E-state index in [1.807, 2.05) is 6.92 Å². The molecule has 4 nitrogen and oxygen atoms in total. The molecule has 2 aliphatic heterocycles. The van der Waals surface area contributed by atoms with Gasteiger partial charge in [0, 0.05) is 23.0 Å². The van der Waals surface area contributed by atoms with E-state index in [9.17, 15) is 0 Å². The molecule has 3 atom stereocenters. The average molecular weight is 350 g/mol. The van der Waals surface area contributed by atoms with Crippen LogP contribution < -0.4 is 5.32 Å². The summed E-state index contributed by atoms with van der Waals surface area (Å²) in [5.41, 5.74) is 3.16. The van der Waals surface area contributed by atoms with Crippen LogP contribution in [0, 0.1) is 6.92 Å². The van der Waals surface area contributed by atoms with Crippen LogP contribution in [0.3, 0.4) is 0 Å². The Labute approximate surface area is 145 Å². The van der Waals surface area contributed by atoms with Gasteiger partial charge in [0.05, 0.1) is 22.7 Å². The average Bonchev–Trinajstić information content (AvgIpc) is 2.89. The lowest BCUT2D eigenvalue weighted by Gasteiger charge is -2.46. The smallest absolute Gasteiger partial charge is 0.115 e. The molecule has 2 aromatic heterocycles. The fourth-order valence-corrected chi connectivity index (χ4v) is 5.38. The fraction of sp³-hybridized carbons (Fsp3) is 0.529. The molecule has 0 aromatic carbocycles. The Morgan fingerprint density at radius 2 is 2.22 bits per heavy atom. The summed E-state index contributed by atoms with van der Waals surface area (Å²) in [6.45, 7) is 4.98. The van der Waals surface area contributed by atoms with Gasteiger partial charge >= 0.3 is 0 Å². The number of hydrogen-bond donors (Lipinski definition) is 1. The number of piperidine rings is 1. The molecule has 4 rings (SSSR count).